The highest BCUT2D eigenvalue weighted by atomic mass is 19.1. The number of carbonyl (C=O) groups excluding carboxylic acids is 2. The summed E-state index contributed by atoms with van der Waals surface area (Å²) < 4.78 is 39.7. The lowest BCUT2D eigenvalue weighted by atomic mass is 9.98. The molecule has 4 rings (SSSR count). The summed E-state index contributed by atoms with van der Waals surface area (Å²) in [5.41, 5.74) is 1.73. The van der Waals surface area contributed by atoms with Crippen LogP contribution in [0.15, 0.2) is 41.0 Å². The Morgan fingerprint density at radius 3 is 2.83 bits per heavy atom. The van der Waals surface area contributed by atoms with Gasteiger partial charge in [-0.25, -0.2) is 8.78 Å². The second-order valence-corrected chi connectivity index (χ2v) is 7.36. The van der Waals surface area contributed by atoms with Crippen LogP contribution < -0.4 is 0 Å². The number of piperidine rings is 1. The first kappa shape index (κ1) is 20.1. The summed E-state index contributed by atoms with van der Waals surface area (Å²) in [4.78, 5) is 27.0. The molecule has 0 bridgehead atoms. The molecule has 2 aromatic heterocycles. The van der Waals surface area contributed by atoms with Crippen LogP contribution in [0.5, 0.6) is 0 Å². The number of nitrogens with zero attached hydrogens (tertiary/aromatic N) is 2. The van der Waals surface area contributed by atoms with Crippen LogP contribution in [0.1, 0.15) is 35.8 Å². The lowest BCUT2D eigenvalue weighted by molar-refractivity contribution is -0.149. The third-order valence-electron chi connectivity index (χ3n) is 5.41. The number of aromatic nitrogens is 1. The molecule has 3 aromatic rings. The lowest BCUT2D eigenvalue weighted by Crippen LogP contribution is -2.43. The molecule has 1 saturated heterocycles. The van der Waals surface area contributed by atoms with Crippen LogP contribution in [-0.4, -0.2) is 41.0 Å². The van der Waals surface area contributed by atoms with Gasteiger partial charge in [0.25, 0.3) is 5.91 Å². The normalized spacial score (nSPS) is 16.8. The number of furan rings is 1. The van der Waals surface area contributed by atoms with Crippen molar-refractivity contribution in [2.45, 2.75) is 26.3 Å². The number of hydrogen-bond acceptors (Lipinski definition) is 4. The van der Waals surface area contributed by atoms with Gasteiger partial charge in [0.15, 0.2) is 5.58 Å². The maximum absolute atomic E-state index is 14.2. The molecule has 8 heteroatoms. The zero-order chi connectivity index (χ0) is 21.3. The van der Waals surface area contributed by atoms with Gasteiger partial charge in [0.05, 0.1) is 30.8 Å². The van der Waals surface area contributed by atoms with Gasteiger partial charge in [-0.3, -0.25) is 9.59 Å². The molecule has 1 atom stereocenters. The summed E-state index contributed by atoms with van der Waals surface area (Å²) in [7, 11) is 0. The van der Waals surface area contributed by atoms with Crippen molar-refractivity contribution in [3.05, 3.63) is 59.5 Å². The van der Waals surface area contributed by atoms with Crippen molar-refractivity contribution in [2.75, 3.05) is 19.7 Å². The summed E-state index contributed by atoms with van der Waals surface area (Å²) in [5, 5.41) is 0. The van der Waals surface area contributed by atoms with Gasteiger partial charge in [0.2, 0.25) is 0 Å². The molecule has 1 aliphatic heterocycles. The summed E-state index contributed by atoms with van der Waals surface area (Å²) in [6.07, 6.45) is 2.86. The van der Waals surface area contributed by atoms with Crippen molar-refractivity contribution in [1.29, 1.82) is 0 Å². The first-order valence-electron chi connectivity index (χ1n) is 9.94. The molecule has 0 aliphatic carbocycles. The number of hydrogen-bond donors (Lipinski definition) is 0. The number of benzene rings is 1. The van der Waals surface area contributed by atoms with Gasteiger partial charge >= 0.3 is 5.97 Å². The van der Waals surface area contributed by atoms with Crippen molar-refractivity contribution in [3.63, 3.8) is 0 Å². The van der Waals surface area contributed by atoms with E-state index >= 15 is 0 Å². The summed E-state index contributed by atoms with van der Waals surface area (Å²) >= 11 is 0. The van der Waals surface area contributed by atoms with Gasteiger partial charge < -0.3 is 18.6 Å². The number of amides is 1. The fraction of sp³-hybridized carbons (Fsp3) is 0.364. The average Bonchev–Trinajstić information content (AvgIpc) is 3.32. The molecule has 0 N–H and O–H groups in total. The molecular formula is C22H22F2N2O4. The predicted octanol–water partition coefficient (Wildman–Crippen LogP) is 3.98. The zero-order valence-electron chi connectivity index (χ0n) is 16.6. The monoisotopic (exact) mass is 416 g/mol. The largest absolute Gasteiger partial charge is 0.466 e. The fourth-order valence-corrected chi connectivity index (χ4v) is 3.92. The summed E-state index contributed by atoms with van der Waals surface area (Å²) in [6, 6.07) is 6.69. The minimum absolute atomic E-state index is 0.0470. The number of rotatable bonds is 5. The maximum atomic E-state index is 14.2. The molecule has 1 amide bonds. The van der Waals surface area contributed by atoms with E-state index in [0.29, 0.717) is 42.8 Å². The van der Waals surface area contributed by atoms with Crippen LogP contribution in [-0.2, 0) is 16.1 Å². The lowest BCUT2D eigenvalue weighted by Gasteiger charge is -2.31. The number of carbonyl (C=O) groups is 2. The minimum atomic E-state index is -0.681. The zero-order valence-corrected chi connectivity index (χ0v) is 16.6. The van der Waals surface area contributed by atoms with E-state index in [1.54, 1.807) is 28.5 Å². The Balaban J connectivity index is 1.64. The quantitative estimate of drug-likeness (QED) is 0.591. The van der Waals surface area contributed by atoms with Crippen LogP contribution in [0.25, 0.3) is 11.1 Å². The molecule has 1 aliphatic rings. The summed E-state index contributed by atoms with van der Waals surface area (Å²) in [6.45, 7) is 2.89. The van der Waals surface area contributed by atoms with E-state index in [2.05, 4.69) is 0 Å². The highest BCUT2D eigenvalue weighted by Crippen LogP contribution is 2.26. The third-order valence-corrected chi connectivity index (χ3v) is 5.41. The Hall–Kier alpha value is -3.16. The molecule has 1 unspecified atom stereocenters. The smallest absolute Gasteiger partial charge is 0.310 e. The third kappa shape index (κ3) is 3.81. The standard InChI is InChI=1S/C22H22F2N2O4/c1-2-29-22(28)15-4-3-8-25(12-15)21(27)19-11-20-18(7-9-30-20)26(19)13-14-5-6-16(23)10-17(14)24/h5-7,9-11,15H,2-4,8,12-13H2,1H3. The topological polar surface area (TPSA) is 64.7 Å². The molecular weight excluding hydrogens is 394 g/mol. The van der Waals surface area contributed by atoms with Crippen molar-refractivity contribution in [1.82, 2.24) is 9.47 Å². The van der Waals surface area contributed by atoms with E-state index in [-0.39, 0.29) is 36.4 Å². The van der Waals surface area contributed by atoms with Gasteiger partial charge in [0.1, 0.15) is 17.3 Å². The predicted molar refractivity (Wildman–Crippen MR) is 105 cm³/mol. The second-order valence-electron chi connectivity index (χ2n) is 7.36. The van der Waals surface area contributed by atoms with E-state index in [1.165, 1.54) is 18.4 Å². The molecule has 158 valence electrons. The molecule has 0 radical (unpaired) electrons. The molecule has 0 saturated carbocycles. The Morgan fingerprint density at radius 1 is 1.23 bits per heavy atom. The molecule has 0 spiro atoms. The average molecular weight is 416 g/mol. The van der Waals surface area contributed by atoms with E-state index < -0.39 is 11.6 Å². The van der Waals surface area contributed by atoms with Crippen molar-refractivity contribution in [3.8, 4) is 0 Å². The Morgan fingerprint density at radius 2 is 2.07 bits per heavy atom. The van der Waals surface area contributed by atoms with Crippen LogP contribution in [0, 0.1) is 17.6 Å². The van der Waals surface area contributed by atoms with Crippen molar-refractivity contribution in [2.24, 2.45) is 5.92 Å². The first-order chi connectivity index (χ1) is 14.5. The van der Waals surface area contributed by atoms with Crippen LogP contribution in [0.2, 0.25) is 0 Å². The molecule has 1 fully saturated rings. The maximum Gasteiger partial charge on any atom is 0.310 e. The Kier molecular flexibility index (Phi) is 5.57. The first-order valence-corrected chi connectivity index (χ1v) is 9.94. The van der Waals surface area contributed by atoms with Crippen molar-refractivity contribution >= 4 is 23.0 Å². The number of ether oxygens (including phenoxy) is 1. The van der Waals surface area contributed by atoms with E-state index in [0.717, 1.165) is 6.07 Å². The number of esters is 1. The van der Waals surface area contributed by atoms with E-state index in [1.807, 2.05) is 0 Å². The minimum Gasteiger partial charge on any atom is -0.466 e. The fourth-order valence-electron chi connectivity index (χ4n) is 3.92. The van der Waals surface area contributed by atoms with Gasteiger partial charge in [0, 0.05) is 36.9 Å². The van der Waals surface area contributed by atoms with Gasteiger partial charge in [-0.15, -0.1) is 0 Å². The Bertz CT molecular complexity index is 1090. The number of likely N-dealkylation sites (tertiary alicyclic amines) is 1. The molecule has 3 heterocycles. The number of halogens is 2. The highest BCUT2D eigenvalue weighted by Gasteiger charge is 2.31. The molecule has 6 nitrogen and oxygen atoms in total. The van der Waals surface area contributed by atoms with Gasteiger partial charge in [-0.2, -0.15) is 0 Å². The van der Waals surface area contributed by atoms with E-state index in [4.69, 9.17) is 9.15 Å². The summed E-state index contributed by atoms with van der Waals surface area (Å²) in [5.74, 6) is -2.26. The van der Waals surface area contributed by atoms with Crippen LogP contribution in [0.3, 0.4) is 0 Å². The molecule has 1 aromatic carbocycles. The number of fused-ring (bicyclic) bond motifs is 1. The highest BCUT2D eigenvalue weighted by molar-refractivity contribution is 5.98. The molecule has 30 heavy (non-hydrogen) atoms. The van der Waals surface area contributed by atoms with Crippen LogP contribution >= 0.6 is 0 Å². The van der Waals surface area contributed by atoms with Gasteiger partial charge in [-0.05, 0) is 25.8 Å². The second kappa shape index (κ2) is 8.30. The SMILES string of the molecule is CCOC(=O)C1CCCN(C(=O)c2cc3occc3n2Cc2ccc(F)cc2F)C1. The van der Waals surface area contributed by atoms with E-state index in [9.17, 15) is 18.4 Å². The Labute approximate surface area is 172 Å². The van der Waals surface area contributed by atoms with Gasteiger partial charge in [-0.1, -0.05) is 6.07 Å². The van der Waals surface area contributed by atoms with Crippen molar-refractivity contribution < 1.29 is 27.5 Å². The van der Waals surface area contributed by atoms with Crippen LogP contribution in [0.4, 0.5) is 8.78 Å².